The predicted molar refractivity (Wildman–Crippen MR) is 147 cm³/mol. The molecule has 1 spiro atoms. The van der Waals surface area contributed by atoms with Gasteiger partial charge in [0.1, 0.15) is 6.04 Å². The smallest absolute Gasteiger partial charge is 0.311 e. The highest BCUT2D eigenvalue weighted by Crippen LogP contribution is 2.61. The number of nitrogens with zero attached hydrogens (tertiary/aromatic N) is 2. The van der Waals surface area contributed by atoms with Crippen molar-refractivity contribution in [2.24, 2.45) is 11.8 Å². The zero-order valence-corrected chi connectivity index (χ0v) is 23.2. The van der Waals surface area contributed by atoms with Gasteiger partial charge in [-0.3, -0.25) is 14.4 Å². The predicted octanol–water partition coefficient (Wildman–Crippen LogP) is 3.37. The molecule has 38 heavy (non-hydrogen) atoms. The molecule has 204 valence electrons. The molecule has 0 bridgehead atoms. The molecule has 0 saturated carbocycles. The molecule has 4 aliphatic heterocycles. The molecule has 4 aliphatic rings. The first kappa shape index (κ1) is 27.0. The van der Waals surface area contributed by atoms with Gasteiger partial charge in [-0.2, -0.15) is 0 Å². The highest BCUT2D eigenvalue weighted by molar-refractivity contribution is 8.02. The molecule has 1 aromatic rings. The van der Waals surface area contributed by atoms with Crippen molar-refractivity contribution in [3.63, 3.8) is 0 Å². The Labute approximate surface area is 229 Å². The number of benzene rings is 1. The number of aliphatic hydroxyl groups is 1. The molecule has 1 N–H and O–H groups in total. The van der Waals surface area contributed by atoms with Gasteiger partial charge in [-0.15, -0.1) is 11.8 Å². The fraction of sp³-hybridized carbons (Fsp3) is 0.567. The van der Waals surface area contributed by atoms with E-state index in [2.05, 4.69) is 6.08 Å². The third-order valence-electron chi connectivity index (χ3n) is 8.27. The number of ether oxygens (including phenoxy) is 1. The molecular weight excluding hydrogens is 500 g/mol. The molecule has 2 amide bonds. The number of esters is 1. The van der Waals surface area contributed by atoms with Gasteiger partial charge in [-0.1, -0.05) is 54.6 Å². The fourth-order valence-corrected chi connectivity index (χ4v) is 8.48. The molecule has 8 heteroatoms. The number of hydrogen-bond acceptors (Lipinski definition) is 6. The number of rotatable bonds is 4. The Bertz CT molecular complexity index is 1130. The van der Waals surface area contributed by atoms with Gasteiger partial charge < -0.3 is 19.6 Å². The number of allylic oxidation sites excluding steroid dienone is 1. The van der Waals surface area contributed by atoms with Crippen molar-refractivity contribution in [3.8, 4) is 0 Å². The topological polar surface area (TPSA) is 87.2 Å². The molecule has 6 atom stereocenters. The lowest BCUT2D eigenvalue weighted by Gasteiger charge is -2.42. The van der Waals surface area contributed by atoms with Gasteiger partial charge in [-0.25, -0.2) is 0 Å². The van der Waals surface area contributed by atoms with Gasteiger partial charge in [0.05, 0.1) is 35.8 Å². The van der Waals surface area contributed by atoms with Gasteiger partial charge in [0.25, 0.3) is 0 Å². The molecular formula is C30H38N2O5S. The lowest BCUT2D eigenvalue weighted by atomic mass is 9.78. The Morgan fingerprint density at radius 3 is 2.58 bits per heavy atom. The Kier molecular flexibility index (Phi) is 7.48. The van der Waals surface area contributed by atoms with E-state index in [0.717, 1.165) is 24.8 Å². The van der Waals surface area contributed by atoms with Gasteiger partial charge in [0.2, 0.25) is 11.8 Å². The molecule has 1 unspecified atom stereocenters. The van der Waals surface area contributed by atoms with Crippen molar-refractivity contribution >= 4 is 29.5 Å². The summed E-state index contributed by atoms with van der Waals surface area (Å²) in [4.78, 5) is 45.8. The number of amides is 2. The SMILES string of the molecule is CC(C)(C)N1CC=C[C@]23S[C@H]4/C=C\CCCCOC(=O)[C@H]4[C@H]2C(=O)N([C@@H](CO)Cc2ccccc2)C3C1=O. The highest BCUT2D eigenvalue weighted by atomic mass is 32.2. The van der Waals surface area contributed by atoms with Crippen LogP contribution in [0, 0.1) is 11.8 Å². The van der Waals surface area contributed by atoms with E-state index in [-0.39, 0.29) is 29.6 Å². The standard InChI is InChI=1S/C30H38N2O5S/c1-29(2,3)31-16-11-15-30-24(23-22(38-30)14-9-4-5-10-17-37-28(23)36)26(34)32(25(30)27(31)35)21(19-33)18-20-12-7-6-8-13-20/h6-9,11-15,21-25,33H,4-5,10,16-19H2,1-3H3/b14-9-/t21-,22+,23-,24+,25?,30+/m1/s1. The van der Waals surface area contributed by atoms with Gasteiger partial charge >= 0.3 is 5.97 Å². The molecule has 2 fully saturated rings. The summed E-state index contributed by atoms with van der Waals surface area (Å²) in [7, 11) is 0. The van der Waals surface area contributed by atoms with Crippen LogP contribution in [0.15, 0.2) is 54.6 Å². The quantitative estimate of drug-likeness (QED) is 0.467. The maximum absolute atomic E-state index is 14.5. The Morgan fingerprint density at radius 2 is 1.87 bits per heavy atom. The summed E-state index contributed by atoms with van der Waals surface area (Å²) in [5.41, 5.74) is 0.509. The van der Waals surface area contributed by atoms with Crippen LogP contribution in [0.2, 0.25) is 0 Å². The van der Waals surface area contributed by atoms with Crippen LogP contribution in [0.4, 0.5) is 0 Å². The Balaban J connectivity index is 1.63. The number of carbonyl (C=O) groups is 3. The van der Waals surface area contributed by atoms with Crippen LogP contribution in [-0.4, -0.2) is 80.1 Å². The van der Waals surface area contributed by atoms with Crippen LogP contribution in [0.1, 0.15) is 45.6 Å². The number of hydrogen-bond donors (Lipinski definition) is 1. The third-order valence-corrected chi connectivity index (χ3v) is 10.0. The van der Waals surface area contributed by atoms with Crippen LogP contribution in [0.5, 0.6) is 0 Å². The first-order chi connectivity index (χ1) is 18.2. The van der Waals surface area contributed by atoms with Gasteiger partial charge in [-0.05, 0) is 52.0 Å². The molecule has 4 heterocycles. The summed E-state index contributed by atoms with van der Waals surface area (Å²) in [6.45, 7) is 6.45. The van der Waals surface area contributed by atoms with Crippen molar-refractivity contribution < 1.29 is 24.2 Å². The second-order valence-corrected chi connectivity index (χ2v) is 13.2. The minimum Gasteiger partial charge on any atom is -0.465 e. The van der Waals surface area contributed by atoms with E-state index in [0.29, 0.717) is 19.6 Å². The molecule has 7 nitrogen and oxygen atoms in total. The molecule has 0 radical (unpaired) electrons. The van der Waals surface area contributed by atoms with Crippen molar-refractivity contribution in [1.29, 1.82) is 0 Å². The number of aliphatic hydroxyl groups excluding tert-OH is 1. The van der Waals surface area contributed by atoms with E-state index in [9.17, 15) is 19.5 Å². The second-order valence-electron chi connectivity index (χ2n) is 11.7. The van der Waals surface area contributed by atoms with Crippen molar-refractivity contribution in [2.45, 2.75) is 74.1 Å². The number of likely N-dealkylation sites (tertiary alicyclic amines) is 1. The number of thioether (sulfide) groups is 1. The molecule has 2 saturated heterocycles. The first-order valence-electron chi connectivity index (χ1n) is 13.7. The van der Waals surface area contributed by atoms with Crippen LogP contribution in [0.3, 0.4) is 0 Å². The summed E-state index contributed by atoms with van der Waals surface area (Å²) in [5.74, 6) is -2.20. The zero-order valence-electron chi connectivity index (χ0n) is 22.4. The lowest BCUT2D eigenvalue weighted by Crippen LogP contribution is -2.59. The van der Waals surface area contributed by atoms with Crippen LogP contribution in [-0.2, 0) is 25.5 Å². The first-order valence-corrected chi connectivity index (χ1v) is 14.5. The molecule has 0 aromatic heterocycles. The molecule has 1 aromatic carbocycles. The minimum atomic E-state index is -0.926. The van der Waals surface area contributed by atoms with Crippen molar-refractivity contribution in [1.82, 2.24) is 9.80 Å². The van der Waals surface area contributed by atoms with Gasteiger partial charge in [0.15, 0.2) is 0 Å². The van der Waals surface area contributed by atoms with E-state index in [1.165, 1.54) is 0 Å². The monoisotopic (exact) mass is 538 g/mol. The maximum atomic E-state index is 14.5. The maximum Gasteiger partial charge on any atom is 0.311 e. The molecule has 0 aliphatic carbocycles. The summed E-state index contributed by atoms with van der Waals surface area (Å²) < 4.78 is 4.77. The number of carbonyl (C=O) groups excluding carboxylic acids is 3. The number of cyclic esters (lactones) is 1. The Hall–Kier alpha value is -2.58. The summed E-state index contributed by atoms with van der Waals surface area (Å²) in [6.07, 6.45) is 11.2. The summed E-state index contributed by atoms with van der Waals surface area (Å²) in [6, 6.07) is 8.27. The van der Waals surface area contributed by atoms with Crippen LogP contribution < -0.4 is 0 Å². The van der Waals surface area contributed by atoms with Crippen molar-refractivity contribution in [3.05, 3.63) is 60.2 Å². The highest BCUT2D eigenvalue weighted by Gasteiger charge is 2.72. The molecule has 5 rings (SSSR count). The second kappa shape index (κ2) is 10.5. The van der Waals surface area contributed by atoms with E-state index in [1.807, 2.05) is 74.2 Å². The lowest BCUT2D eigenvalue weighted by molar-refractivity contribution is -0.154. The largest absolute Gasteiger partial charge is 0.465 e. The van der Waals surface area contributed by atoms with Crippen molar-refractivity contribution in [2.75, 3.05) is 19.8 Å². The van der Waals surface area contributed by atoms with Crippen LogP contribution >= 0.6 is 11.8 Å². The fourth-order valence-electron chi connectivity index (χ4n) is 6.49. The van der Waals surface area contributed by atoms with E-state index >= 15 is 0 Å². The average molecular weight is 539 g/mol. The zero-order chi connectivity index (χ0) is 27.1. The van der Waals surface area contributed by atoms with E-state index in [1.54, 1.807) is 16.7 Å². The van der Waals surface area contributed by atoms with Crippen LogP contribution in [0.25, 0.3) is 0 Å². The van der Waals surface area contributed by atoms with Gasteiger partial charge in [0, 0.05) is 17.3 Å². The normalized spacial score (nSPS) is 33.2. The third kappa shape index (κ3) is 4.60. The number of fused-ring (bicyclic) bond motifs is 2. The minimum absolute atomic E-state index is 0.140. The van der Waals surface area contributed by atoms with E-state index < -0.39 is 34.2 Å². The van der Waals surface area contributed by atoms with E-state index in [4.69, 9.17) is 4.74 Å². The summed E-state index contributed by atoms with van der Waals surface area (Å²) >= 11 is 1.54. The summed E-state index contributed by atoms with van der Waals surface area (Å²) in [5, 5.41) is 10.3. The Morgan fingerprint density at radius 1 is 1.11 bits per heavy atom. The average Bonchev–Trinajstić information content (AvgIpc) is 3.27.